The molecule has 0 aliphatic heterocycles. The maximum absolute atomic E-state index is 12.1. The molecule has 0 rings (SSSR count). The van der Waals surface area contributed by atoms with Gasteiger partial charge in [0, 0.05) is 0 Å². The lowest BCUT2D eigenvalue weighted by Gasteiger charge is -2.29. The molecule has 0 aromatic heterocycles. The summed E-state index contributed by atoms with van der Waals surface area (Å²) in [5, 5.41) is 0. The molecule has 0 saturated heterocycles. The minimum atomic E-state index is -1.17. The van der Waals surface area contributed by atoms with E-state index in [4.69, 9.17) is 9.47 Å². The van der Waals surface area contributed by atoms with Crippen LogP contribution in [0.5, 0.6) is 0 Å². The minimum Gasteiger partial charge on any atom is -0.465 e. The molecule has 0 aromatic carbocycles. The maximum Gasteiger partial charge on any atom is 0.323 e. The Kier molecular flexibility index (Phi) is 7.59. The highest BCUT2D eigenvalue weighted by atomic mass is 16.6. The predicted octanol–water partition coefficient (Wildman–Crippen LogP) is 1.46. The van der Waals surface area contributed by atoms with Crippen LogP contribution in [0.25, 0.3) is 0 Å². The maximum atomic E-state index is 12.1. The topological polar surface area (TPSA) is 55.8 Å². The van der Waals surface area contributed by atoms with E-state index in [1.54, 1.807) is 13.8 Å². The molecule has 0 radical (unpaired) electrons. The van der Waals surface area contributed by atoms with Crippen LogP contribution in [0.1, 0.15) is 33.6 Å². The SMILES string of the molecule is CCOC(=O)C(CC)(CCN(C)C)C(=O)OCC. The smallest absolute Gasteiger partial charge is 0.323 e. The zero-order chi connectivity index (χ0) is 14.2. The van der Waals surface area contributed by atoms with Gasteiger partial charge in [0.25, 0.3) is 0 Å². The fraction of sp³-hybridized carbons (Fsp3) is 0.846. The van der Waals surface area contributed by atoms with Gasteiger partial charge in [-0.05, 0) is 47.3 Å². The molecule has 18 heavy (non-hydrogen) atoms. The zero-order valence-corrected chi connectivity index (χ0v) is 12.1. The third-order valence-electron chi connectivity index (χ3n) is 2.92. The number of nitrogens with zero attached hydrogens (tertiary/aromatic N) is 1. The van der Waals surface area contributed by atoms with Crippen LogP contribution >= 0.6 is 0 Å². The largest absolute Gasteiger partial charge is 0.465 e. The Bertz CT molecular complexity index is 258. The van der Waals surface area contributed by atoms with Crippen molar-refractivity contribution in [2.75, 3.05) is 33.9 Å². The van der Waals surface area contributed by atoms with Gasteiger partial charge >= 0.3 is 11.9 Å². The van der Waals surface area contributed by atoms with E-state index in [0.717, 1.165) is 0 Å². The Labute approximate surface area is 109 Å². The van der Waals surface area contributed by atoms with Gasteiger partial charge in [0.2, 0.25) is 0 Å². The van der Waals surface area contributed by atoms with Crippen LogP contribution in [-0.4, -0.2) is 50.7 Å². The third kappa shape index (κ3) is 4.29. The van der Waals surface area contributed by atoms with Crippen LogP contribution in [0.15, 0.2) is 0 Å². The van der Waals surface area contributed by atoms with Crippen molar-refractivity contribution >= 4 is 11.9 Å². The summed E-state index contributed by atoms with van der Waals surface area (Å²) in [7, 11) is 3.80. The lowest BCUT2D eigenvalue weighted by molar-refractivity contribution is -0.173. The summed E-state index contributed by atoms with van der Waals surface area (Å²) in [5.74, 6) is -0.958. The molecule has 0 N–H and O–H groups in total. The molecule has 0 fully saturated rings. The Hall–Kier alpha value is -1.10. The van der Waals surface area contributed by atoms with E-state index in [2.05, 4.69) is 0 Å². The predicted molar refractivity (Wildman–Crippen MR) is 69.2 cm³/mol. The molecule has 0 heterocycles. The Morgan fingerprint density at radius 3 is 1.72 bits per heavy atom. The molecule has 0 amide bonds. The Morgan fingerprint density at radius 2 is 1.44 bits per heavy atom. The number of carbonyl (C=O) groups is 2. The molecule has 106 valence electrons. The molecule has 0 aromatic rings. The van der Waals surface area contributed by atoms with E-state index in [1.807, 2.05) is 25.9 Å². The summed E-state index contributed by atoms with van der Waals surface area (Å²) in [6, 6.07) is 0. The molecule has 0 bridgehead atoms. The van der Waals surface area contributed by atoms with E-state index in [-0.39, 0.29) is 13.2 Å². The van der Waals surface area contributed by atoms with E-state index >= 15 is 0 Å². The first kappa shape index (κ1) is 16.9. The lowest BCUT2D eigenvalue weighted by Crippen LogP contribution is -2.43. The van der Waals surface area contributed by atoms with Crippen molar-refractivity contribution in [1.29, 1.82) is 0 Å². The normalized spacial score (nSPS) is 11.4. The molecule has 0 aliphatic carbocycles. The summed E-state index contributed by atoms with van der Waals surface area (Å²) in [4.78, 5) is 26.1. The Morgan fingerprint density at radius 1 is 1.00 bits per heavy atom. The van der Waals surface area contributed by atoms with Crippen molar-refractivity contribution in [2.45, 2.75) is 33.6 Å². The summed E-state index contributed by atoms with van der Waals surface area (Å²) < 4.78 is 10.1. The molecule has 5 nitrogen and oxygen atoms in total. The first-order chi connectivity index (χ1) is 8.44. The van der Waals surface area contributed by atoms with Crippen molar-refractivity contribution in [1.82, 2.24) is 4.90 Å². The first-order valence-corrected chi connectivity index (χ1v) is 6.43. The number of ether oxygens (including phenoxy) is 2. The van der Waals surface area contributed by atoms with Crippen LogP contribution in [0.4, 0.5) is 0 Å². The highest BCUT2D eigenvalue weighted by molar-refractivity contribution is 6.00. The van der Waals surface area contributed by atoms with Crippen LogP contribution in [0, 0.1) is 5.41 Å². The van der Waals surface area contributed by atoms with Gasteiger partial charge in [-0.2, -0.15) is 0 Å². The monoisotopic (exact) mass is 259 g/mol. The second kappa shape index (κ2) is 8.08. The summed E-state index contributed by atoms with van der Waals surface area (Å²) in [5.41, 5.74) is -1.17. The van der Waals surface area contributed by atoms with Gasteiger partial charge in [0.15, 0.2) is 5.41 Å². The van der Waals surface area contributed by atoms with Gasteiger partial charge in [-0.1, -0.05) is 6.92 Å². The molecule has 0 saturated carbocycles. The Balaban J connectivity index is 5.05. The van der Waals surface area contributed by atoms with E-state index < -0.39 is 17.4 Å². The molecular weight excluding hydrogens is 234 g/mol. The first-order valence-electron chi connectivity index (χ1n) is 6.43. The highest BCUT2D eigenvalue weighted by Crippen LogP contribution is 2.30. The standard InChI is InChI=1S/C13H25NO4/c1-6-13(9-10-14(4)5,11(15)17-7-2)12(16)18-8-3/h6-10H2,1-5H3. The minimum absolute atomic E-state index is 0.266. The van der Waals surface area contributed by atoms with E-state index in [1.165, 1.54) is 0 Å². The average Bonchev–Trinajstić information content (AvgIpc) is 2.30. The van der Waals surface area contributed by atoms with Crippen molar-refractivity contribution in [2.24, 2.45) is 5.41 Å². The van der Waals surface area contributed by atoms with Crippen LogP contribution < -0.4 is 0 Å². The van der Waals surface area contributed by atoms with Crippen LogP contribution in [-0.2, 0) is 19.1 Å². The molecule has 0 atom stereocenters. The van der Waals surface area contributed by atoms with E-state index in [9.17, 15) is 9.59 Å². The van der Waals surface area contributed by atoms with Gasteiger partial charge in [0.1, 0.15) is 0 Å². The van der Waals surface area contributed by atoms with Crippen molar-refractivity contribution < 1.29 is 19.1 Å². The second-order valence-corrected chi connectivity index (χ2v) is 4.43. The molecule has 5 heteroatoms. The van der Waals surface area contributed by atoms with Gasteiger partial charge in [-0.3, -0.25) is 9.59 Å². The number of esters is 2. The van der Waals surface area contributed by atoms with Gasteiger partial charge in [0.05, 0.1) is 13.2 Å². The molecule has 0 aliphatic rings. The average molecular weight is 259 g/mol. The zero-order valence-electron chi connectivity index (χ0n) is 12.1. The fourth-order valence-corrected chi connectivity index (χ4v) is 1.71. The van der Waals surface area contributed by atoms with Gasteiger partial charge in [-0.15, -0.1) is 0 Å². The number of hydrogen-bond donors (Lipinski definition) is 0. The molecule has 0 unspecified atom stereocenters. The van der Waals surface area contributed by atoms with Crippen molar-refractivity contribution in [3.05, 3.63) is 0 Å². The number of rotatable bonds is 8. The summed E-state index contributed by atoms with van der Waals surface area (Å²) >= 11 is 0. The van der Waals surface area contributed by atoms with E-state index in [0.29, 0.717) is 19.4 Å². The number of hydrogen-bond acceptors (Lipinski definition) is 5. The molecule has 0 spiro atoms. The second-order valence-electron chi connectivity index (χ2n) is 4.43. The van der Waals surface area contributed by atoms with Gasteiger partial charge in [-0.25, -0.2) is 0 Å². The van der Waals surface area contributed by atoms with Crippen LogP contribution in [0.2, 0.25) is 0 Å². The fourth-order valence-electron chi connectivity index (χ4n) is 1.71. The molecular formula is C13H25NO4. The third-order valence-corrected chi connectivity index (χ3v) is 2.92. The van der Waals surface area contributed by atoms with Gasteiger partial charge < -0.3 is 14.4 Å². The van der Waals surface area contributed by atoms with Crippen molar-refractivity contribution in [3.63, 3.8) is 0 Å². The quantitative estimate of drug-likeness (QED) is 0.488. The number of carbonyl (C=O) groups excluding carboxylic acids is 2. The highest BCUT2D eigenvalue weighted by Gasteiger charge is 2.46. The van der Waals surface area contributed by atoms with Crippen LogP contribution in [0.3, 0.4) is 0 Å². The van der Waals surface area contributed by atoms with Crippen molar-refractivity contribution in [3.8, 4) is 0 Å². The summed E-state index contributed by atoms with van der Waals surface area (Å²) in [6.07, 6.45) is 0.798. The summed E-state index contributed by atoms with van der Waals surface area (Å²) in [6.45, 7) is 6.43. The lowest BCUT2D eigenvalue weighted by atomic mass is 9.81.